The highest BCUT2D eigenvalue weighted by atomic mass is 31.1. The van der Waals surface area contributed by atoms with Crippen molar-refractivity contribution in [1.82, 2.24) is 0 Å². The van der Waals surface area contributed by atoms with Crippen molar-refractivity contribution >= 4 is 14.2 Å². The predicted octanol–water partition coefficient (Wildman–Crippen LogP) is 3.73. The molecule has 0 fully saturated rings. The van der Waals surface area contributed by atoms with Gasteiger partial charge in [0.05, 0.1) is 20.4 Å². The van der Waals surface area contributed by atoms with Crippen molar-refractivity contribution in [3.05, 3.63) is 59.2 Å². The Hall–Kier alpha value is -2.19. The zero-order valence-electron chi connectivity index (χ0n) is 11.8. The zero-order valence-corrected chi connectivity index (χ0v) is 12.7. The predicted molar refractivity (Wildman–Crippen MR) is 80.7 cm³/mol. The maximum Gasteiger partial charge on any atom is 0.200 e. The molecule has 0 aromatic heterocycles. The molecular weight excluding hydrogens is 287 g/mol. The first kappa shape index (κ1) is 15.2. The van der Waals surface area contributed by atoms with Gasteiger partial charge in [-0.15, -0.1) is 0 Å². The van der Waals surface area contributed by atoms with Crippen LogP contribution in [0.3, 0.4) is 0 Å². The quantitative estimate of drug-likeness (QED) is 0.602. The van der Waals surface area contributed by atoms with Crippen molar-refractivity contribution in [2.45, 2.75) is 6.16 Å². The van der Waals surface area contributed by atoms with Crippen LogP contribution in [0.15, 0.2) is 42.5 Å². The lowest BCUT2D eigenvalue weighted by molar-refractivity contribution is 0.103. The molecule has 5 heteroatoms. The van der Waals surface area contributed by atoms with Gasteiger partial charge in [0.25, 0.3) is 0 Å². The molecule has 0 aliphatic carbocycles. The summed E-state index contributed by atoms with van der Waals surface area (Å²) >= 11 is 0. The summed E-state index contributed by atoms with van der Waals surface area (Å²) in [4.78, 5) is 12.8. The van der Waals surface area contributed by atoms with Crippen molar-refractivity contribution in [3.8, 4) is 11.5 Å². The van der Waals surface area contributed by atoms with Crippen LogP contribution < -0.4 is 9.47 Å². The summed E-state index contributed by atoms with van der Waals surface area (Å²) < 4.78 is 21.4. The fraction of sp³-hybridized carbons (Fsp3) is 0.188. The first-order valence-corrected chi connectivity index (χ1v) is 7.35. The number of methoxy groups -OCH3 is 2. The highest BCUT2D eigenvalue weighted by Crippen LogP contribution is 2.31. The number of rotatable bonds is 6. The Labute approximate surface area is 124 Å². The number of benzene rings is 2. The van der Waals surface area contributed by atoms with Gasteiger partial charge in [-0.3, -0.25) is 9.36 Å². The molecule has 0 bridgehead atoms. The van der Waals surface area contributed by atoms with Gasteiger partial charge >= 0.3 is 0 Å². The Morgan fingerprint density at radius 1 is 1.00 bits per heavy atom. The largest absolute Gasteiger partial charge is 0.496 e. The molecule has 2 aromatic carbocycles. The number of ether oxygens (including phenoxy) is 2. The summed E-state index contributed by atoms with van der Waals surface area (Å²) in [6.45, 7) is 0. The molecule has 2 aromatic rings. The summed E-state index contributed by atoms with van der Waals surface area (Å²) in [6, 6.07) is 12.3. The number of carbonyl (C=O) groups excluding carboxylic acids is 1. The van der Waals surface area contributed by atoms with Gasteiger partial charge in [-0.05, 0) is 17.7 Å². The van der Waals surface area contributed by atoms with Gasteiger partial charge in [0.2, 0.25) is 5.78 Å². The van der Waals surface area contributed by atoms with Gasteiger partial charge in [-0.25, -0.2) is 0 Å². The van der Waals surface area contributed by atoms with Crippen LogP contribution in [0, 0.1) is 0 Å². The highest BCUT2D eigenvalue weighted by Gasteiger charge is 2.21. The molecule has 0 radical (unpaired) electrons. The fourth-order valence-corrected chi connectivity index (χ4v) is 2.57. The standard InChI is InChI=1S/C16H15O4P/c1-19-13-8-5-9-14(20-2)15(13)16(17)12-7-4-3-6-11(12)10-21-18/h3-9H,10H2,1-2H3. The van der Waals surface area contributed by atoms with E-state index in [1.54, 1.807) is 36.4 Å². The Kier molecular flexibility index (Phi) is 5.07. The van der Waals surface area contributed by atoms with Crippen molar-refractivity contribution < 1.29 is 18.8 Å². The van der Waals surface area contributed by atoms with Crippen LogP contribution in [0.2, 0.25) is 0 Å². The molecule has 4 nitrogen and oxygen atoms in total. The molecule has 21 heavy (non-hydrogen) atoms. The van der Waals surface area contributed by atoms with E-state index >= 15 is 0 Å². The lowest BCUT2D eigenvalue weighted by atomic mass is 9.97. The van der Waals surface area contributed by atoms with Crippen LogP contribution in [-0.2, 0) is 10.7 Å². The third-order valence-electron chi connectivity index (χ3n) is 3.15. The molecule has 0 N–H and O–H groups in total. The average Bonchev–Trinajstić information content (AvgIpc) is 2.54. The third kappa shape index (κ3) is 3.11. The molecule has 0 saturated heterocycles. The van der Waals surface area contributed by atoms with Crippen molar-refractivity contribution in [2.24, 2.45) is 0 Å². The summed E-state index contributed by atoms with van der Waals surface area (Å²) in [6.07, 6.45) is 0.291. The van der Waals surface area contributed by atoms with E-state index in [0.29, 0.717) is 28.8 Å². The van der Waals surface area contributed by atoms with E-state index in [0.717, 1.165) is 5.56 Å². The van der Waals surface area contributed by atoms with Crippen LogP contribution in [0.25, 0.3) is 0 Å². The molecule has 0 saturated carbocycles. The van der Waals surface area contributed by atoms with Gasteiger partial charge in [-0.1, -0.05) is 30.3 Å². The van der Waals surface area contributed by atoms with Crippen LogP contribution in [0.4, 0.5) is 0 Å². The Bertz CT molecular complexity index is 645. The van der Waals surface area contributed by atoms with E-state index in [1.807, 2.05) is 6.07 Å². The lowest BCUT2D eigenvalue weighted by Gasteiger charge is -2.13. The number of hydrogen-bond acceptors (Lipinski definition) is 4. The highest BCUT2D eigenvalue weighted by molar-refractivity contribution is 7.22. The van der Waals surface area contributed by atoms with Crippen molar-refractivity contribution in [2.75, 3.05) is 14.2 Å². The first-order valence-electron chi connectivity index (χ1n) is 6.35. The molecule has 0 heterocycles. The van der Waals surface area contributed by atoms with E-state index in [1.165, 1.54) is 14.2 Å². The molecular formula is C16H15O4P. The first-order chi connectivity index (χ1) is 10.2. The third-order valence-corrected chi connectivity index (χ3v) is 3.62. The minimum Gasteiger partial charge on any atom is -0.496 e. The second-order valence-electron chi connectivity index (χ2n) is 4.31. The maximum atomic E-state index is 12.8. The topological polar surface area (TPSA) is 52.6 Å². The second-order valence-corrected chi connectivity index (χ2v) is 4.89. The Balaban J connectivity index is 2.57. The van der Waals surface area contributed by atoms with Gasteiger partial charge in [0.1, 0.15) is 17.1 Å². The van der Waals surface area contributed by atoms with E-state index in [9.17, 15) is 9.36 Å². The summed E-state index contributed by atoms with van der Waals surface area (Å²) in [5.74, 6) is 0.700. The molecule has 0 spiro atoms. The molecule has 2 rings (SSSR count). The van der Waals surface area contributed by atoms with E-state index in [4.69, 9.17) is 9.47 Å². The van der Waals surface area contributed by atoms with E-state index in [-0.39, 0.29) is 14.2 Å². The van der Waals surface area contributed by atoms with E-state index in [2.05, 4.69) is 0 Å². The maximum absolute atomic E-state index is 12.8. The zero-order chi connectivity index (χ0) is 15.2. The molecule has 108 valence electrons. The minimum absolute atomic E-state index is 0.0255. The summed E-state index contributed by atoms with van der Waals surface area (Å²) in [5, 5.41) is 0. The number of hydrogen-bond donors (Lipinski definition) is 0. The Morgan fingerprint density at radius 3 is 2.19 bits per heavy atom. The Morgan fingerprint density at radius 2 is 1.62 bits per heavy atom. The fourth-order valence-electron chi connectivity index (χ4n) is 2.16. The van der Waals surface area contributed by atoms with Gasteiger partial charge < -0.3 is 9.47 Å². The number of carbonyl (C=O) groups is 1. The minimum atomic E-state index is -0.205. The second kappa shape index (κ2) is 7.00. The van der Waals surface area contributed by atoms with E-state index < -0.39 is 0 Å². The molecule has 0 amide bonds. The monoisotopic (exact) mass is 302 g/mol. The SMILES string of the molecule is COc1cccc(OC)c1C(=O)c1ccccc1CP=O. The smallest absolute Gasteiger partial charge is 0.200 e. The van der Waals surface area contributed by atoms with Crippen molar-refractivity contribution in [1.29, 1.82) is 0 Å². The normalized spacial score (nSPS) is 10.4. The van der Waals surface area contributed by atoms with Gasteiger partial charge in [-0.2, -0.15) is 0 Å². The number of ketones is 1. The van der Waals surface area contributed by atoms with Gasteiger partial charge in [0.15, 0.2) is 8.46 Å². The molecule has 0 unspecified atom stereocenters. The van der Waals surface area contributed by atoms with Crippen LogP contribution in [0.5, 0.6) is 11.5 Å². The average molecular weight is 302 g/mol. The summed E-state index contributed by atoms with van der Waals surface area (Å²) in [5.41, 5.74) is 1.60. The van der Waals surface area contributed by atoms with Crippen LogP contribution >= 0.6 is 8.46 Å². The van der Waals surface area contributed by atoms with Gasteiger partial charge in [0, 0.05) is 5.56 Å². The molecule has 0 atom stereocenters. The molecule has 0 aliphatic heterocycles. The summed E-state index contributed by atoms with van der Waals surface area (Å²) in [7, 11) is 2.99. The van der Waals surface area contributed by atoms with Crippen LogP contribution in [0.1, 0.15) is 21.5 Å². The lowest BCUT2D eigenvalue weighted by Crippen LogP contribution is -2.08. The van der Waals surface area contributed by atoms with Crippen molar-refractivity contribution in [3.63, 3.8) is 0 Å². The van der Waals surface area contributed by atoms with Crippen LogP contribution in [-0.4, -0.2) is 20.0 Å². The molecule has 0 aliphatic rings.